The van der Waals surface area contributed by atoms with E-state index in [0.717, 1.165) is 0 Å². The molecule has 0 amide bonds. The van der Waals surface area contributed by atoms with Gasteiger partial charge in [0.05, 0.1) is 59.5 Å². The molecule has 0 spiro atoms. The predicted molar refractivity (Wildman–Crippen MR) is 269 cm³/mol. The minimum atomic E-state index is -1.08. The average Bonchev–Trinajstić information content (AvgIpc) is 3.42. The first-order chi connectivity index (χ1) is 36.4. The third-order valence-electron chi connectivity index (χ3n) is 11.2. The van der Waals surface area contributed by atoms with Crippen molar-refractivity contribution in [1.29, 1.82) is 0 Å². The lowest BCUT2D eigenvalue weighted by atomic mass is 10.0. The summed E-state index contributed by atoms with van der Waals surface area (Å²) in [6, 6.07) is 11.1. The molecule has 434 valence electrons. The zero-order valence-electron chi connectivity index (χ0n) is 43.0. The summed E-state index contributed by atoms with van der Waals surface area (Å²) in [5, 5.41) is 129. The SMILES string of the molecule is O=C(O)CCC(=O)O.O=C(OC(CCCO)C(O)CCCO)c1ccc(C(=O)OC(CCCO)C(O)CCCO)cc1.O=C(OC(CCCO)C(O)CCCO)c1ccc(C(=O)OC(CCCO)C(O)CCCO)cc1. The number of hydrogen-bond donors (Lipinski definition) is 14. The number of aliphatic hydroxyl groups is 12. The molecule has 24 heteroatoms. The molecule has 0 bridgehead atoms. The van der Waals surface area contributed by atoms with Crippen molar-refractivity contribution in [3.63, 3.8) is 0 Å². The molecule has 0 aliphatic rings. The first kappa shape index (κ1) is 70.8. The van der Waals surface area contributed by atoms with Crippen LogP contribution in [0.4, 0.5) is 0 Å². The van der Waals surface area contributed by atoms with E-state index in [0.29, 0.717) is 51.4 Å². The van der Waals surface area contributed by atoms with E-state index in [4.69, 9.17) is 70.0 Å². The molecule has 0 fully saturated rings. The van der Waals surface area contributed by atoms with Gasteiger partial charge in [-0.25, -0.2) is 19.2 Å². The van der Waals surface area contributed by atoms with Gasteiger partial charge in [-0.15, -0.1) is 0 Å². The van der Waals surface area contributed by atoms with Crippen molar-refractivity contribution >= 4 is 35.8 Å². The quantitative estimate of drug-likeness (QED) is 0.0328. The van der Waals surface area contributed by atoms with E-state index in [-0.39, 0.29) is 139 Å². The van der Waals surface area contributed by atoms with Gasteiger partial charge in [0.15, 0.2) is 0 Å². The Hall–Kier alpha value is -5.22. The first-order valence-corrected chi connectivity index (χ1v) is 25.4. The summed E-state index contributed by atoms with van der Waals surface area (Å²) in [4.78, 5) is 69.4. The molecule has 0 saturated carbocycles. The molecule has 2 rings (SSSR count). The van der Waals surface area contributed by atoms with Crippen molar-refractivity contribution < 1.29 is 119 Å². The van der Waals surface area contributed by atoms with E-state index in [1.807, 2.05) is 0 Å². The summed E-state index contributed by atoms with van der Waals surface area (Å²) in [5.74, 6) is -4.96. The van der Waals surface area contributed by atoms with Crippen LogP contribution < -0.4 is 0 Å². The highest BCUT2D eigenvalue weighted by atomic mass is 16.6. The van der Waals surface area contributed by atoms with Crippen LogP contribution >= 0.6 is 0 Å². The van der Waals surface area contributed by atoms with Crippen LogP contribution in [0.5, 0.6) is 0 Å². The second kappa shape index (κ2) is 43.8. The van der Waals surface area contributed by atoms with Gasteiger partial charge in [-0.05, 0) is 151 Å². The molecule has 2 aromatic carbocycles. The molecule has 0 aromatic heterocycles. The largest absolute Gasteiger partial charge is 0.481 e. The van der Waals surface area contributed by atoms with Crippen molar-refractivity contribution in [2.24, 2.45) is 0 Å². The number of ether oxygens (including phenoxy) is 4. The fourth-order valence-corrected chi connectivity index (χ4v) is 6.96. The summed E-state index contributed by atoms with van der Waals surface area (Å²) in [7, 11) is 0. The number of carboxylic acid groups (broad SMARTS) is 2. The maximum Gasteiger partial charge on any atom is 0.338 e. The van der Waals surface area contributed by atoms with Crippen LogP contribution in [0.2, 0.25) is 0 Å². The summed E-state index contributed by atoms with van der Waals surface area (Å²) < 4.78 is 21.6. The lowest BCUT2D eigenvalue weighted by Gasteiger charge is -2.23. The Kier molecular flexibility index (Phi) is 40.8. The van der Waals surface area contributed by atoms with E-state index in [1.165, 1.54) is 48.5 Å². The molecule has 0 aliphatic carbocycles. The van der Waals surface area contributed by atoms with E-state index < -0.39 is 84.6 Å². The van der Waals surface area contributed by atoms with Crippen molar-refractivity contribution in [3.8, 4) is 0 Å². The Morgan fingerprint density at radius 2 is 0.461 bits per heavy atom. The Morgan fingerprint density at radius 3 is 0.605 bits per heavy atom. The fourth-order valence-electron chi connectivity index (χ4n) is 6.96. The smallest absolute Gasteiger partial charge is 0.338 e. The zero-order valence-corrected chi connectivity index (χ0v) is 43.0. The molecule has 8 atom stereocenters. The van der Waals surface area contributed by atoms with E-state index in [9.17, 15) is 49.2 Å². The van der Waals surface area contributed by atoms with Gasteiger partial charge in [-0.1, -0.05) is 0 Å². The first-order valence-electron chi connectivity index (χ1n) is 25.4. The van der Waals surface area contributed by atoms with Crippen LogP contribution in [0.15, 0.2) is 48.5 Å². The maximum atomic E-state index is 12.5. The minimum Gasteiger partial charge on any atom is -0.481 e. The predicted octanol–water partition coefficient (Wildman–Crippen LogP) is 1.03. The summed E-state index contributed by atoms with van der Waals surface area (Å²) >= 11 is 0. The van der Waals surface area contributed by atoms with Crippen LogP contribution in [0.25, 0.3) is 0 Å². The number of carbonyl (C=O) groups is 6. The number of rotatable bonds is 39. The number of aliphatic hydroxyl groups excluding tert-OH is 12. The third kappa shape index (κ3) is 31.7. The topological polar surface area (TPSA) is 423 Å². The summed E-state index contributed by atoms with van der Waals surface area (Å²) in [5.41, 5.74) is 0.610. The van der Waals surface area contributed by atoms with Gasteiger partial charge in [0.1, 0.15) is 24.4 Å². The van der Waals surface area contributed by atoms with Gasteiger partial charge in [-0.2, -0.15) is 0 Å². The van der Waals surface area contributed by atoms with Gasteiger partial charge < -0.3 is 90.4 Å². The van der Waals surface area contributed by atoms with Crippen LogP contribution in [-0.4, -0.2) is 209 Å². The molecule has 14 N–H and O–H groups in total. The Labute approximate surface area is 442 Å². The van der Waals surface area contributed by atoms with Crippen LogP contribution in [0.1, 0.15) is 157 Å². The molecule has 2 aromatic rings. The lowest BCUT2D eigenvalue weighted by molar-refractivity contribution is -0.143. The number of aliphatic carboxylic acids is 2. The normalized spacial score (nSPS) is 14.1. The molecular weight excluding hydrogens is 1010 g/mol. The Balaban J connectivity index is 0.00000129. The van der Waals surface area contributed by atoms with Crippen molar-refractivity contribution in [2.75, 3.05) is 52.9 Å². The van der Waals surface area contributed by atoms with E-state index >= 15 is 0 Å². The van der Waals surface area contributed by atoms with Gasteiger partial charge in [0.2, 0.25) is 0 Å². The number of benzene rings is 2. The van der Waals surface area contributed by atoms with Crippen molar-refractivity contribution in [2.45, 2.75) is 164 Å². The number of hydrogen-bond acceptors (Lipinski definition) is 22. The molecule has 0 heterocycles. The molecule has 0 radical (unpaired) electrons. The highest BCUT2D eigenvalue weighted by Gasteiger charge is 2.28. The minimum absolute atomic E-state index is 0.103. The molecular formula is C52H82O24. The summed E-state index contributed by atoms with van der Waals surface area (Å²) in [6.07, 6.45) is -3.18. The van der Waals surface area contributed by atoms with Gasteiger partial charge in [0.25, 0.3) is 0 Å². The maximum absolute atomic E-state index is 12.5. The van der Waals surface area contributed by atoms with Crippen LogP contribution in [-0.2, 0) is 28.5 Å². The number of carboxylic acids is 2. The molecule has 0 saturated heterocycles. The third-order valence-corrected chi connectivity index (χ3v) is 11.2. The van der Waals surface area contributed by atoms with Gasteiger partial charge in [-0.3, -0.25) is 9.59 Å². The highest BCUT2D eigenvalue weighted by molar-refractivity contribution is 5.94. The average molecular weight is 1090 g/mol. The van der Waals surface area contributed by atoms with Crippen molar-refractivity contribution in [3.05, 3.63) is 70.8 Å². The van der Waals surface area contributed by atoms with Gasteiger partial charge in [0, 0.05) is 52.9 Å². The number of carbonyl (C=O) groups excluding carboxylic acids is 4. The Morgan fingerprint density at radius 1 is 0.303 bits per heavy atom. The van der Waals surface area contributed by atoms with E-state index in [2.05, 4.69) is 0 Å². The molecule has 8 unspecified atom stereocenters. The Bertz CT molecular complexity index is 1610. The highest BCUT2D eigenvalue weighted by Crippen LogP contribution is 2.21. The molecule has 0 aliphatic heterocycles. The molecule has 24 nitrogen and oxygen atoms in total. The van der Waals surface area contributed by atoms with Crippen LogP contribution in [0, 0.1) is 0 Å². The van der Waals surface area contributed by atoms with Crippen LogP contribution in [0.3, 0.4) is 0 Å². The second-order valence-corrected chi connectivity index (χ2v) is 17.4. The zero-order chi connectivity index (χ0) is 57.3. The fraction of sp³-hybridized carbons (Fsp3) is 0.654. The summed E-state index contributed by atoms with van der Waals surface area (Å²) in [6.45, 7) is -0.888. The lowest BCUT2D eigenvalue weighted by Crippen LogP contribution is -2.32. The molecule has 76 heavy (non-hydrogen) atoms. The van der Waals surface area contributed by atoms with Crippen molar-refractivity contribution in [1.82, 2.24) is 0 Å². The number of esters is 4. The van der Waals surface area contributed by atoms with Gasteiger partial charge >= 0.3 is 35.8 Å². The standard InChI is InChI=1S/2C24H38O10.C4H6O4/c2*25-13-1-5-19(29)21(7-3-15-27)33-23(31)17-9-11-18(12-10-17)24(32)34-22(8-4-16-28)20(30)6-2-14-26;5-3(6)1-2-4(7)8/h2*9-12,19-22,25-30H,1-8,13-16H2;1-2H2,(H,5,6)(H,7,8). The van der Waals surface area contributed by atoms with E-state index in [1.54, 1.807) is 0 Å². The monoisotopic (exact) mass is 1090 g/mol. The second-order valence-electron chi connectivity index (χ2n) is 17.4.